The Balaban J connectivity index is 1.98. The second-order valence-electron chi connectivity index (χ2n) is 4.53. The van der Waals surface area contributed by atoms with Crippen molar-refractivity contribution in [2.45, 2.75) is 26.4 Å². The second kappa shape index (κ2) is 6.91. The van der Waals surface area contributed by atoms with E-state index in [-0.39, 0.29) is 0 Å². The maximum Gasteiger partial charge on any atom is 0.219 e. The molecule has 2 rings (SSSR count). The van der Waals surface area contributed by atoms with Gasteiger partial charge in [0.25, 0.3) is 0 Å². The van der Waals surface area contributed by atoms with Crippen molar-refractivity contribution in [1.29, 1.82) is 0 Å². The molecule has 1 N–H and O–H groups in total. The molecular weight excluding hydrogens is 254 g/mol. The maximum atomic E-state index is 9.41. The summed E-state index contributed by atoms with van der Waals surface area (Å²) in [6, 6.07) is 11.0. The third-order valence-electron chi connectivity index (χ3n) is 2.76. The lowest BCUT2D eigenvalue weighted by Crippen LogP contribution is -1.95. The van der Waals surface area contributed by atoms with Crippen LogP contribution in [0.1, 0.15) is 31.9 Å². The molecule has 0 aliphatic rings. The number of hydrogen-bond acceptors (Lipinski definition) is 4. The minimum atomic E-state index is -0.522. The standard InChI is InChI=1S/C16H19NO3/c1-3-10-19-14-5-7-15(8-6-14)20-16-9-4-13(11-17-16)12(2)18/h4-9,11-12,18H,3,10H2,1-2H3/t12-/m1/s1. The third-order valence-corrected chi connectivity index (χ3v) is 2.76. The average Bonchev–Trinajstić information content (AvgIpc) is 2.47. The predicted molar refractivity (Wildman–Crippen MR) is 77.2 cm³/mol. The van der Waals surface area contributed by atoms with Gasteiger partial charge in [-0.15, -0.1) is 0 Å². The van der Waals surface area contributed by atoms with Gasteiger partial charge in [-0.3, -0.25) is 0 Å². The normalized spacial score (nSPS) is 11.9. The van der Waals surface area contributed by atoms with Crippen LogP contribution >= 0.6 is 0 Å². The van der Waals surface area contributed by atoms with Crippen LogP contribution in [-0.2, 0) is 0 Å². The van der Waals surface area contributed by atoms with Gasteiger partial charge in [0.05, 0.1) is 12.7 Å². The highest BCUT2D eigenvalue weighted by molar-refractivity contribution is 5.33. The molecule has 0 saturated heterocycles. The molecule has 1 aromatic heterocycles. The highest BCUT2D eigenvalue weighted by Gasteiger charge is 2.03. The third kappa shape index (κ3) is 3.96. The lowest BCUT2D eigenvalue weighted by molar-refractivity contribution is 0.198. The van der Waals surface area contributed by atoms with Gasteiger partial charge in [-0.1, -0.05) is 6.92 Å². The summed E-state index contributed by atoms with van der Waals surface area (Å²) in [5.41, 5.74) is 0.765. The van der Waals surface area contributed by atoms with Crippen molar-refractivity contribution >= 4 is 0 Å². The van der Waals surface area contributed by atoms with E-state index in [4.69, 9.17) is 9.47 Å². The van der Waals surface area contributed by atoms with Crippen LogP contribution in [0.5, 0.6) is 17.4 Å². The summed E-state index contributed by atoms with van der Waals surface area (Å²) in [7, 11) is 0. The van der Waals surface area contributed by atoms with Crippen LogP contribution in [0.3, 0.4) is 0 Å². The number of aromatic nitrogens is 1. The van der Waals surface area contributed by atoms with E-state index in [1.54, 1.807) is 25.3 Å². The van der Waals surface area contributed by atoms with E-state index in [2.05, 4.69) is 11.9 Å². The fourth-order valence-corrected chi connectivity index (χ4v) is 1.64. The van der Waals surface area contributed by atoms with Gasteiger partial charge < -0.3 is 14.6 Å². The van der Waals surface area contributed by atoms with Crippen molar-refractivity contribution in [2.75, 3.05) is 6.61 Å². The molecule has 4 heteroatoms. The highest BCUT2D eigenvalue weighted by Crippen LogP contribution is 2.23. The van der Waals surface area contributed by atoms with Crippen molar-refractivity contribution < 1.29 is 14.6 Å². The SMILES string of the molecule is CCCOc1ccc(Oc2ccc([C@@H](C)O)cn2)cc1. The van der Waals surface area contributed by atoms with E-state index in [1.807, 2.05) is 24.3 Å². The van der Waals surface area contributed by atoms with Crippen LogP contribution in [0.4, 0.5) is 0 Å². The van der Waals surface area contributed by atoms with Gasteiger partial charge >= 0.3 is 0 Å². The molecule has 4 nitrogen and oxygen atoms in total. The van der Waals surface area contributed by atoms with Crippen molar-refractivity contribution in [3.63, 3.8) is 0 Å². The first-order chi connectivity index (χ1) is 9.69. The molecule has 0 fully saturated rings. The predicted octanol–water partition coefficient (Wildman–Crippen LogP) is 3.72. The summed E-state index contributed by atoms with van der Waals surface area (Å²) in [4.78, 5) is 4.15. The molecule has 0 aliphatic heterocycles. The van der Waals surface area contributed by atoms with Crippen molar-refractivity contribution in [3.05, 3.63) is 48.2 Å². The summed E-state index contributed by atoms with van der Waals surface area (Å²) >= 11 is 0. The number of aliphatic hydroxyl groups excluding tert-OH is 1. The lowest BCUT2D eigenvalue weighted by Gasteiger charge is -2.08. The quantitative estimate of drug-likeness (QED) is 0.871. The van der Waals surface area contributed by atoms with E-state index < -0.39 is 6.10 Å². The molecule has 0 aliphatic carbocycles. The number of pyridine rings is 1. The van der Waals surface area contributed by atoms with Crippen LogP contribution in [0.2, 0.25) is 0 Å². The fourth-order valence-electron chi connectivity index (χ4n) is 1.64. The molecule has 0 unspecified atom stereocenters. The zero-order valence-electron chi connectivity index (χ0n) is 11.7. The van der Waals surface area contributed by atoms with Gasteiger partial charge in [0, 0.05) is 12.3 Å². The Bertz CT molecular complexity index is 520. The second-order valence-corrected chi connectivity index (χ2v) is 4.53. The number of nitrogens with zero attached hydrogens (tertiary/aromatic N) is 1. The molecule has 0 spiro atoms. The number of ether oxygens (including phenoxy) is 2. The number of aliphatic hydroxyl groups is 1. The first-order valence-electron chi connectivity index (χ1n) is 6.73. The molecule has 0 amide bonds. The average molecular weight is 273 g/mol. The van der Waals surface area contributed by atoms with Crippen LogP contribution in [0.15, 0.2) is 42.6 Å². The first-order valence-corrected chi connectivity index (χ1v) is 6.73. The zero-order chi connectivity index (χ0) is 14.4. The molecule has 2 aromatic rings. The van der Waals surface area contributed by atoms with E-state index in [9.17, 15) is 5.11 Å². The number of rotatable bonds is 6. The first kappa shape index (κ1) is 14.3. The monoisotopic (exact) mass is 273 g/mol. The summed E-state index contributed by atoms with van der Waals surface area (Å²) in [5.74, 6) is 2.03. The van der Waals surface area contributed by atoms with Gasteiger partial charge in [0.2, 0.25) is 5.88 Å². The Morgan fingerprint density at radius 1 is 1.10 bits per heavy atom. The van der Waals surface area contributed by atoms with Crippen LogP contribution in [0, 0.1) is 0 Å². The Morgan fingerprint density at radius 2 is 1.80 bits per heavy atom. The lowest BCUT2D eigenvalue weighted by atomic mass is 10.2. The van der Waals surface area contributed by atoms with Gasteiger partial charge in [-0.25, -0.2) is 4.98 Å². The Kier molecular flexibility index (Phi) is 4.96. The largest absolute Gasteiger partial charge is 0.494 e. The van der Waals surface area contributed by atoms with Gasteiger partial charge in [0.15, 0.2) is 0 Å². The topological polar surface area (TPSA) is 51.6 Å². The Morgan fingerprint density at radius 3 is 2.35 bits per heavy atom. The van der Waals surface area contributed by atoms with E-state index in [0.29, 0.717) is 18.2 Å². The Labute approximate surface area is 119 Å². The van der Waals surface area contributed by atoms with Gasteiger partial charge in [-0.05, 0) is 49.2 Å². The zero-order valence-corrected chi connectivity index (χ0v) is 11.7. The minimum Gasteiger partial charge on any atom is -0.494 e. The van der Waals surface area contributed by atoms with Crippen LogP contribution in [-0.4, -0.2) is 16.7 Å². The molecule has 1 atom stereocenters. The molecule has 20 heavy (non-hydrogen) atoms. The summed E-state index contributed by atoms with van der Waals surface area (Å²) in [5, 5.41) is 9.41. The summed E-state index contributed by atoms with van der Waals surface area (Å²) < 4.78 is 11.1. The van der Waals surface area contributed by atoms with Gasteiger partial charge in [-0.2, -0.15) is 0 Å². The molecule has 0 radical (unpaired) electrons. The van der Waals surface area contributed by atoms with Gasteiger partial charge in [0.1, 0.15) is 11.5 Å². The Hall–Kier alpha value is -2.07. The van der Waals surface area contributed by atoms with E-state index in [1.165, 1.54) is 0 Å². The van der Waals surface area contributed by atoms with E-state index in [0.717, 1.165) is 17.7 Å². The van der Waals surface area contributed by atoms with Crippen molar-refractivity contribution in [1.82, 2.24) is 4.98 Å². The van der Waals surface area contributed by atoms with Crippen molar-refractivity contribution in [2.24, 2.45) is 0 Å². The molecule has 0 saturated carbocycles. The molecule has 1 aromatic carbocycles. The minimum absolute atomic E-state index is 0.497. The molecule has 0 bridgehead atoms. The molecule has 1 heterocycles. The highest BCUT2D eigenvalue weighted by atomic mass is 16.5. The number of benzene rings is 1. The van der Waals surface area contributed by atoms with Crippen LogP contribution in [0.25, 0.3) is 0 Å². The van der Waals surface area contributed by atoms with Crippen LogP contribution < -0.4 is 9.47 Å². The smallest absolute Gasteiger partial charge is 0.219 e. The molecular formula is C16H19NO3. The van der Waals surface area contributed by atoms with Crippen molar-refractivity contribution in [3.8, 4) is 17.4 Å². The molecule has 106 valence electrons. The summed E-state index contributed by atoms with van der Waals surface area (Å²) in [6.07, 6.45) is 2.07. The maximum absolute atomic E-state index is 9.41. The van der Waals surface area contributed by atoms with E-state index >= 15 is 0 Å². The summed E-state index contributed by atoms with van der Waals surface area (Å²) in [6.45, 7) is 4.48. The fraction of sp³-hybridized carbons (Fsp3) is 0.312. The number of hydrogen-bond donors (Lipinski definition) is 1.